The average Bonchev–Trinajstić information content (AvgIpc) is 3.10. The van der Waals surface area contributed by atoms with E-state index >= 15 is 0 Å². The second-order valence-electron chi connectivity index (χ2n) is 7.93. The Morgan fingerprint density at radius 1 is 1.38 bits per heavy atom. The molecule has 2 fully saturated rings. The fourth-order valence-electron chi connectivity index (χ4n) is 3.31. The molecule has 0 aromatic carbocycles. The molecule has 2 bridgehead atoms. The number of esters is 1. The minimum absolute atomic E-state index is 0.216. The van der Waals surface area contributed by atoms with Gasteiger partial charge < -0.3 is 19.7 Å². The van der Waals surface area contributed by atoms with E-state index in [2.05, 4.69) is 11.9 Å². The molecule has 7 nitrogen and oxygen atoms in total. The summed E-state index contributed by atoms with van der Waals surface area (Å²) in [7, 11) is 0. The number of hydrogen-bond donors (Lipinski definition) is 1. The van der Waals surface area contributed by atoms with Crippen LogP contribution in [-0.4, -0.2) is 53.2 Å². The fraction of sp³-hybridized carbons (Fsp3) is 0.737. The number of likely N-dealkylation sites (tertiary alicyclic amines) is 1. The van der Waals surface area contributed by atoms with Crippen molar-refractivity contribution in [2.24, 2.45) is 0 Å². The molecule has 0 spiro atoms. The molecule has 0 saturated carbocycles. The van der Waals surface area contributed by atoms with E-state index in [1.54, 1.807) is 25.7 Å². The van der Waals surface area contributed by atoms with Crippen LogP contribution in [0, 0.1) is 0 Å². The van der Waals surface area contributed by atoms with Crippen LogP contribution in [0.5, 0.6) is 0 Å². The molecule has 2 rings (SSSR count). The van der Waals surface area contributed by atoms with Crippen molar-refractivity contribution in [3.05, 3.63) is 12.7 Å². The van der Waals surface area contributed by atoms with Crippen LogP contribution < -0.4 is 5.32 Å². The van der Waals surface area contributed by atoms with Crippen LogP contribution in [0.25, 0.3) is 0 Å². The Morgan fingerprint density at radius 3 is 2.69 bits per heavy atom. The van der Waals surface area contributed by atoms with E-state index in [1.165, 1.54) is 0 Å². The lowest BCUT2D eigenvalue weighted by Gasteiger charge is -2.30. The van der Waals surface area contributed by atoms with E-state index in [0.29, 0.717) is 19.4 Å². The number of ether oxygens (including phenoxy) is 2. The third-order valence-electron chi connectivity index (χ3n) is 4.49. The average molecular weight is 366 g/mol. The molecule has 2 heterocycles. The van der Waals surface area contributed by atoms with E-state index < -0.39 is 23.8 Å². The molecule has 2 aliphatic rings. The van der Waals surface area contributed by atoms with Gasteiger partial charge in [0.25, 0.3) is 0 Å². The summed E-state index contributed by atoms with van der Waals surface area (Å²) in [5.41, 5.74) is -0.641. The highest BCUT2D eigenvalue weighted by Crippen LogP contribution is 2.30. The molecule has 2 aliphatic heterocycles. The first kappa shape index (κ1) is 20.3. The first-order valence-electron chi connectivity index (χ1n) is 9.32. The van der Waals surface area contributed by atoms with Gasteiger partial charge in [-0.05, 0) is 40.0 Å². The number of allylic oxidation sites excluding steroid dienone is 1. The fourth-order valence-corrected chi connectivity index (χ4v) is 3.31. The van der Waals surface area contributed by atoms with E-state index in [9.17, 15) is 14.4 Å². The normalized spacial score (nSPS) is 22.7. The first-order valence-corrected chi connectivity index (χ1v) is 9.32. The SMILES string of the molecule is C=CCCCCC[C@H](NC(=O)OC(C)(C)C)C(=O)N1C[C@@H]2C[C@H]1C(=O)O2. The van der Waals surface area contributed by atoms with Crippen molar-refractivity contribution in [1.29, 1.82) is 0 Å². The number of carbonyl (C=O) groups is 3. The second kappa shape index (κ2) is 8.56. The molecule has 0 aromatic heterocycles. The summed E-state index contributed by atoms with van der Waals surface area (Å²) in [6.07, 6.45) is 5.76. The molecule has 0 aromatic rings. The summed E-state index contributed by atoms with van der Waals surface area (Å²) in [5, 5.41) is 2.69. The highest BCUT2D eigenvalue weighted by atomic mass is 16.6. The lowest BCUT2D eigenvalue weighted by molar-refractivity contribution is -0.157. The van der Waals surface area contributed by atoms with Gasteiger partial charge in [0.15, 0.2) is 0 Å². The summed E-state index contributed by atoms with van der Waals surface area (Å²) in [6.45, 7) is 9.42. The van der Waals surface area contributed by atoms with Gasteiger partial charge in [0, 0.05) is 6.42 Å². The van der Waals surface area contributed by atoms with Gasteiger partial charge in [-0.3, -0.25) is 4.79 Å². The lowest BCUT2D eigenvalue weighted by Crippen LogP contribution is -2.54. The van der Waals surface area contributed by atoms with Gasteiger partial charge in [0.1, 0.15) is 23.8 Å². The molecule has 2 saturated heterocycles. The number of alkyl carbamates (subject to hydrolysis) is 1. The Bertz CT molecular complexity index is 555. The largest absolute Gasteiger partial charge is 0.459 e. The third-order valence-corrected chi connectivity index (χ3v) is 4.49. The summed E-state index contributed by atoms with van der Waals surface area (Å²) in [6, 6.07) is -1.21. The molecule has 0 aliphatic carbocycles. The zero-order valence-electron chi connectivity index (χ0n) is 16.0. The van der Waals surface area contributed by atoms with Crippen molar-refractivity contribution in [1.82, 2.24) is 10.2 Å². The lowest BCUT2D eigenvalue weighted by atomic mass is 10.1. The quantitative estimate of drug-likeness (QED) is 0.405. The number of unbranched alkanes of at least 4 members (excludes halogenated alkanes) is 3. The number of fused-ring (bicyclic) bond motifs is 2. The van der Waals surface area contributed by atoms with Gasteiger partial charge >= 0.3 is 12.1 Å². The van der Waals surface area contributed by atoms with Crippen LogP contribution >= 0.6 is 0 Å². The van der Waals surface area contributed by atoms with Gasteiger partial charge in [0.05, 0.1) is 6.54 Å². The standard InChI is InChI=1S/C19H30N2O5/c1-5-6-7-8-9-10-14(20-18(24)26-19(2,3)4)16(22)21-12-13-11-15(21)17(23)25-13/h5,13-15H,1,6-12H2,2-4H3,(H,20,24)/t13-,14-,15-/m0/s1. The maximum Gasteiger partial charge on any atom is 0.408 e. The summed E-state index contributed by atoms with van der Waals surface area (Å²) in [4.78, 5) is 38.4. The van der Waals surface area contributed by atoms with Crippen LogP contribution in [-0.2, 0) is 19.1 Å². The monoisotopic (exact) mass is 366 g/mol. The van der Waals surface area contributed by atoms with Crippen molar-refractivity contribution >= 4 is 18.0 Å². The molecular weight excluding hydrogens is 336 g/mol. The van der Waals surface area contributed by atoms with E-state index in [-0.39, 0.29) is 18.0 Å². The number of amides is 2. The van der Waals surface area contributed by atoms with E-state index in [0.717, 1.165) is 25.7 Å². The van der Waals surface area contributed by atoms with Crippen LogP contribution in [0.4, 0.5) is 4.79 Å². The van der Waals surface area contributed by atoms with Crippen LogP contribution in [0.3, 0.4) is 0 Å². The number of nitrogens with zero attached hydrogens (tertiary/aromatic N) is 1. The van der Waals surface area contributed by atoms with Crippen molar-refractivity contribution in [3.63, 3.8) is 0 Å². The number of carbonyl (C=O) groups excluding carboxylic acids is 3. The van der Waals surface area contributed by atoms with Gasteiger partial charge in [-0.25, -0.2) is 9.59 Å². The molecule has 3 atom stereocenters. The maximum atomic E-state index is 12.9. The zero-order valence-corrected chi connectivity index (χ0v) is 16.0. The highest BCUT2D eigenvalue weighted by molar-refractivity contribution is 5.91. The molecule has 0 radical (unpaired) electrons. The first-order chi connectivity index (χ1) is 12.2. The molecule has 0 unspecified atom stereocenters. The number of hydrogen-bond acceptors (Lipinski definition) is 5. The predicted molar refractivity (Wildman–Crippen MR) is 96.4 cm³/mol. The summed E-state index contributed by atoms with van der Waals surface area (Å²) in [5.74, 6) is -0.583. The molecule has 146 valence electrons. The maximum absolute atomic E-state index is 12.9. The Kier molecular flexibility index (Phi) is 6.67. The topological polar surface area (TPSA) is 84.9 Å². The minimum Gasteiger partial charge on any atom is -0.459 e. The van der Waals surface area contributed by atoms with E-state index in [4.69, 9.17) is 9.47 Å². The Labute approximate surface area is 155 Å². The summed E-state index contributed by atoms with van der Waals surface area (Å²) >= 11 is 0. The predicted octanol–water partition coefficient (Wildman–Crippen LogP) is 2.54. The van der Waals surface area contributed by atoms with Gasteiger partial charge in [-0.1, -0.05) is 18.9 Å². The third kappa shape index (κ3) is 5.47. The number of nitrogens with one attached hydrogen (secondary N) is 1. The Balaban J connectivity index is 1.97. The molecule has 2 amide bonds. The molecular formula is C19H30N2O5. The van der Waals surface area contributed by atoms with Crippen molar-refractivity contribution in [2.45, 2.75) is 83.1 Å². The zero-order chi connectivity index (χ0) is 19.3. The summed E-state index contributed by atoms with van der Waals surface area (Å²) < 4.78 is 10.4. The molecule has 7 heteroatoms. The van der Waals surface area contributed by atoms with Gasteiger partial charge in [-0.2, -0.15) is 0 Å². The van der Waals surface area contributed by atoms with Crippen LogP contribution in [0.15, 0.2) is 12.7 Å². The smallest absolute Gasteiger partial charge is 0.408 e. The number of rotatable bonds is 8. The molecule has 1 N–H and O–H groups in total. The molecule has 26 heavy (non-hydrogen) atoms. The highest BCUT2D eigenvalue weighted by Gasteiger charge is 2.49. The van der Waals surface area contributed by atoms with E-state index in [1.807, 2.05) is 6.08 Å². The minimum atomic E-state index is -0.694. The van der Waals surface area contributed by atoms with Gasteiger partial charge in [0.2, 0.25) is 5.91 Å². The van der Waals surface area contributed by atoms with Crippen molar-refractivity contribution in [2.75, 3.05) is 6.54 Å². The second-order valence-corrected chi connectivity index (χ2v) is 7.93. The van der Waals surface area contributed by atoms with Crippen LogP contribution in [0.2, 0.25) is 0 Å². The van der Waals surface area contributed by atoms with Crippen molar-refractivity contribution in [3.8, 4) is 0 Å². The van der Waals surface area contributed by atoms with Gasteiger partial charge in [-0.15, -0.1) is 6.58 Å². The Hall–Kier alpha value is -2.05. The Morgan fingerprint density at radius 2 is 2.12 bits per heavy atom. The number of morpholine rings is 1. The van der Waals surface area contributed by atoms with Crippen molar-refractivity contribution < 1.29 is 23.9 Å². The van der Waals surface area contributed by atoms with Crippen LogP contribution in [0.1, 0.15) is 59.3 Å².